The predicted octanol–water partition coefficient (Wildman–Crippen LogP) is 2.63. The molecule has 0 aliphatic rings. The average molecular weight is 269 g/mol. The van der Waals surface area contributed by atoms with Gasteiger partial charge in [-0.2, -0.15) is 0 Å². The van der Waals surface area contributed by atoms with Crippen molar-refractivity contribution in [3.8, 4) is 0 Å². The lowest BCUT2D eigenvalue weighted by atomic mass is 10.2. The van der Waals surface area contributed by atoms with Gasteiger partial charge in [0.2, 0.25) is 0 Å². The number of nitrogens with one attached hydrogen (secondary N) is 2. The van der Waals surface area contributed by atoms with Crippen molar-refractivity contribution in [3.05, 3.63) is 65.9 Å². The molecular formula is C15H12FN3O. The van der Waals surface area contributed by atoms with Crippen LogP contribution >= 0.6 is 0 Å². The van der Waals surface area contributed by atoms with Crippen molar-refractivity contribution in [2.45, 2.75) is 6.54 Å². The van der Waals surface area contributed by atoms with Crippen LogP contribution in [0.3, 0.4) is 0 Å². The molecule has 0 radical (unpaired) electrons. The van der Waals surface area contributed by atoms with Crippen LogP contribution in [0.4, 0.5) is 4.39 Å². The highest BCUT2D eigenvalue weighted by Crippen LogP contribution is 2.14. The van der Waals surface area contributed by atoms with Crippen molar-refractivity contribution >= 4 is 16.8 Å². The van der Waals surface area contributed by atoms with E-state index in [2.05, 4.69) is 15.3 Å². The molecule has 3 rings (SSSR count). The number of benzene rings is 1. The van der Waals surface area contributed by atoms with Crippen LogP contribution in [-0.2, 0) is 6.54 Å². The van der Waals surface area contributed by atoms with E-state index in [-0.39, 0.29) is 17.4 Å². The van der Waals surface area contributed by atoms with Crippen LogP contribution in [0.15, 0.2) is 48.7 Å². The minimum atomic E-state index is -0.367. The zero-order valence-electron chi connectivity index (χ0n) is 10.6. The molecule has 5 heteroatoms. The number of carbonyl (C=O) groups excluding carboxylic acids is 1. The van der Waals surface area contributed by atoms with Crippen LogP contribution in [0.1, 0.15) is 16.2 Å². The lowest BCUT2D eigenvalue weighted by Crippen LogP contribution is -2.23. The van der Waals surface area contributed by atoms with E-state index in [0.29, 0.717) is 12.1 Å². The number of rotatable bonds is 3. The van der Waals surface area contributed by atoms with Gasteiger partial charge in [-0.05, 0) is 30.3 Å². The SMILES string of the molecule is O=C(NCc1ccc[nH]1)c1ccc2ccc(F)cc2n1. The summed E-state index contributed by atoms with van der Waals surface area (Å²) in [5.41, 5.74) is 1.65. The topological polar surface area (TPSA) is 57.8 Å². The Bertz CT molecular complexity index is 753. The number of nitrogens with zero attached hydrogens (tertiary/aromatic N) is 1. The van der Waals surface area contributed by atoms with Crippen LogP contribution in [0.25, 0.3) is 10.9 Å². The molecule has 3 aromatic rings. The molecule has 20 heavy (non-hydrogen) atoms. The first-order valence-corrected chi connectivity index (χ1v) is 6.19. The third-order valence-corrected chi connectivity index (χ3v) is 2.99. The Morgan fingerprint density at radius 1 is 1.25 bits per heavy atom. The van der Waals surface area contributed by atoms with E-state index in [1.807, 2.05) is 12.1 Å². The highest BCUT2D eigenvalue weighted by Gasteiger charge is 2.08. The van der Waals surface area contributed by atoms with Crippen LogP contribution in [-0.4, -0.2) is 15.9 Å². The monoisotopic (exact) mass is 269 g/mol. The summed E-state index contributed by atoms with van der Waals surface area (Å²) in [4.78, 5) is 19.2. The molecule has 100 valence electrons. The number of amides is 1. The number of hydrogen-bond donors (Lipinski definition) is 2. The first kappa shape index (κ1) is 12.3. The van der Waals surface area contributed by atoms with Gasteiger partial charge in [0, 0.05) is 23.3 Å². The molecule has 0 saturated heterocycles. The predicted molar refractivity (Wildman–Crippen MR) is 73.7 cm³/mol. The van der Waals surface area contributed by atoms with E-state index in [1.165, 1.54) is 12.1 Å². The molecule has 1 aromatic carbocycles. The number of hydrogen-bond acceptors (Lipinski definition) is 2. The average Bonchev–Trinajstić information content (AvgIpc) is 2.97. The van der Waals surface area contributed by atoms with Gasteiger partial charge in [-0.15, -0.1) is 0 Å². The summed E-state index contributed by atoms with van der Waals surface area (Å²) < 4.78 is 13.2. The number of halogens is 1. The van der Waals surface area contributed by atoms with Gasteiger partial charge in [-0.25, -0.2) is 9.37 Å². The summed E-state index contributed by atoms with van der Waals surface area (Å²) >= 11 is 0. The third kappa shape index (κ3) is 2.51. The van der Waals surface area contributed by atoms with Gasteiger partial charge in [-0.3, -0.25) is 4.79 Å². The fourth-order valence-electron chi connectivity index (χ4n) is 1.96. The lowest BCUT2D eigenvalue weighted by Gasteiger charge is -2.05. The molecule has 2 heterocycles. The van der Waals surface area contributed by atoms with Gasteiger partial charge < -0.3 is 10.3 Å². The number of aromatic nitrogens is 2. The maximum absolute atomic E-state index is 13.2. The molecule has 0 unspecified atom stereocenters. The van der Waals surface area contributed by atoms with Crippen LogP contribution < -0.4 is 5.32 Å². The highest BCUT2D eigenvalue weighted by molar-refractivity contribution is 5.94. The van der Waals surface area contributed by atoms with E-state index in [0.717, 1.165) is 11.1 Å². The Kier molecular flexibility index (Phi) is 3.16. The number of fused-ring (bicyclic) bond motifs is 1. The van der Waals surface area contributed by atoms with Crippen LogP contribution in [0.2, 0.25) is 0 Å². The minimum Gasteiger partial charge on any atom is -0.364 e. The molecule has 0 saturated carbocycles. The summed E-state index contributed by atoms with van der Waals surface area (Å²) in [5.74, 6) is -0.653. The summed E-state index contributed by atoms with van der Waals surface area (Å²) in [5, 5.41) is 3.55. The lowest BCUT2D eigenvalue weighted by molar-refractivity contribution is 0.0946. The maximum atomic E-state index is 13.2. The van der Waals surface area contributed by atoms with Crippen LogP contribution in [0.5, 0.6) is 0 Å². The molecule has 4 nitrogen and oxygen atoms in total. The normalized spacial score (nSPS) is 10.7. The van der Waals surface area contributed by atoms with E-state index >= 15 is 0 Å². The number of carbonyl (C=O) groups is 1. The smallest absolute Gasteiger partial charge is 0.270 e. The fraction of sp³-hybridized carbons (Fsp3) is 0.0667. The van der Waals surface area contributed by atoms with Crippen molar-refractivity contribution in [2.75, 3.05) is 0 Å². The molecule has 0 aliphatic heterocycles. The molecular weight excluding hydrogens is 257 g/mol. The summed E-state index contributed by atoms with van der Waals surface area (Å²) in [7, 11) is 0. The van der Waals surface area contributed by atoms with Gasteiger partial charge in [0.05, 0.1) is 12.1 Å². The molecule has 1 amide bonds. The molecule has 2 N–H and O–H groups in total. The molecule has 0 atom stereocenters. The zero-order chi connectivity index (χ0) is 13.9. The molecule has 0 aliphatic carbocycles. The largest absolute Gasteiger partial charge is 0.364 e. The summed E-state index contributed by atoms with van der Waals surface area (Å²) in [6, 6.07) is 11.4. The van der Waals surface area contributed by atoms with Crippen LogP contribution in [0, 0.1) is 5.82 Å². The van der Waals surface area contributed by atoms with Gasteiger partial charge in [-0.1, -0.05) is 6.07 Å². The van der Waals surface area contributed by atoms with E-state index in [4.69, 9.17) is 0 Å². The third-order valence-electron chi connectivity index (χ3n) is 2.99. The number of H-pyrrole nitrogens is 1. The molecule has 0 bridgehead atoms. The molecule has 0 spiro atoms. The van der Waals surface area contributed by atoms with Crippen molar-refractivity contribution in [1.29, 1.82) is 0 Å². The molecule has 2 aromatic heterocycles. The van der Waals surface area contributed by atoms with E-state index in [9.17, 15) is 9.18 Å². The second-order valence-electron chi connectivity index (χ2n) is 4.41. The van der Waals surface area contributed by atoms with E-state index < -0.39 is 0 Å². The number of aromatic amines is 1. The Labute approximate surface area is 114 Å². The van der Waals surface area contributed by atoms with Crippen molar-refractivity contribution in [3.63, 3.8) is 0 Å². The van der Waals surface area contributed by atoms with Crippen molar-refractivity contribution in [2.24, 2.45) is 0 Å². The Balaban J connectivity index is 1.80. The second-order valence-corrected chi connectivity index (χ2v) is 4.41. The first-order valence-electron chi connectivity index (χ1n) is 6.19. The second kappa shape index (κ2) is 5.13. The Morgan fingerprint density at radius 2 is 2.10 bits per heavy atom. The van der Waals surface area contributed by atoms with Gasteiger partial charge in [0.25, 0.3) is 5.91 Å². The maximum Gasteiger partial charge on any atom is 0.270 e. The van der Waals surface area contributed by atoms with Crippen molar-refractivity contribution in [1.82, 2.24) is 15.3 Å². The summed E-state index contributed by atoms with van der Waals surface area (Å²) in [6.07, 6.45) is 1.79. The number of pyridine rings is 1. The van der Waals surface area contributed by atoms with Crippen molar-refractivity contribution < 1.29 is 9.18 Å². The Morgan fingerprint density at radius 3 is 2.90 bits per heavy atom. The standard InChI is InChI=1S/C15H12FN3O/c16-11-5-3-10-4-6-13(19-14(10)8-11)15(20)18-9-12-2-1-7-17-12/h1-8,17H,9H2,(H,18,20). The van der Waals surface area contributed by atoms with Gasteiger partial charge in [0.1, 0.15) is 11.5 Å². The van der Waals surface area contributed by atoms with E-state index in [1.54, 1.807) is 24.4 Å². The molecule has 0 fully saturated rings. The Hall–Kier alpha value is -2.69. The van der Waals surface area contributed by atoms with Gasteiger partial charge in [0.15, 0.2) is 0 Å². The quantitative estimate of drug-likeness (QED) is 0.768. The summed E-state index contributed by atoms with van der Waals surface area (Å²) in [6.45, 7) is 0.398. The minimum absolute atomic E-state index is 0.273. The fourth-order valence-corrected chi connectivity index (χ4v) is 1.96. The zero-order valence-corrected chi connectivity index (χ0v) is 10.6. The van der Waals surface area contributed by atoms with Gasteiger partial charge >= 0.3 is 0 Å². The highest BCUT2D eigenvalue weighted by atomic mass is 19.1. The first-order chi connectivity index (χ1) is 9.72.